The summed E-state index contributed by atoms with van der Waals surface area (Å²) in [6.45, 7) is 0.403. The molecule has 0 aliphatic carbocycles. The van der Waals surface area contributed by atoms with Crippen LogP contribution in [0.3, 0.4) is 0 Å². The van der Waals surface area contributed by atoms with Gasteiger partial charge in [0.2, 0.25) is 0 Å². The molecule has 0 atom stereocenters. The number of hydrogen-bond donors (Lipinski definition) is 1. The Morgan fingerprint density at radius 2 is 2.05 bits per heavy atom. The summed E-state index contributed by atoms with van der Waals surface area (Å²) in [5.41, 5.74) is 7.75. The van der Waals surface area contributed by atoms with E-state index in [1.165, 1.54) is 0 Å². The van der Waals surface area contributed by atoms with Crippen molar-refractivity contribution in [2.45, 2.75) is 6.54 Å². The Morgan fingerprint density at radius 3 is 2.86 bits per heavy atom. The summed E-state index contributed by atoms with van der Waals surface area (Å²) in [5.74, 6) is 0.747. The Hall–Kier alpha value is -2.82. The second-order valence-electron chi connectivity index (χ2n) is 4.77. The van der Waals surface area contributed by atoms with Crippen LogP contribution >= 0.6 is 0 Å². The van der Waals surface area contributed by atoms with E-state index in [1.54, 1.807) is 36.2 Å². The van der Waals surface area contributed by atoms with Crippen LogP contribution < -0.4 is 16.0 Å². The number of ether oxygens (including phenoxy) is 1. The third-order valence-electron chi connectivity index (χ3n) is 3.38. The van der Waals surface area contributed by atoms with Crippen molar-refractivity contribution in [1.29, 1.82) is 0 Å². The number of anilines is 1. The van der Waals surface area contributed by atoms with E-state index in [0.29, 0.717) is 23.1 Å². The van der Waals surface area contributed by atoms with E-state index in [0.717, 1.165) is 11.3 Å². The SMILES string of the molecule is COc1ccccc1Cn1cnc2ccc(N)cc2c1=O. The first-order valence-corrected chi connectivity index (χ1v) is 6.55. The molecule has 5 heteroatoms. The molecule has 1 heterocycles. The van der Waals surface area contributed by atoms with E-state index in [4.69, 9.17) is 10.5 Å². The van der Waals surface area contributed by atoms with Gasteiger partial charge in [0.05, 0.1) is 30.9 Å². The Morgan fingerprint density at radius 1 is 1.24 bits per heavy atom. The molecule has 0 amide bonds. The van der Waals surface area contributed by atoms with Gasteiger partial charge in [0.15, 0.2) is 0 Å². The molecule has 1 aromatic heterocycles. The molecule has 3 aromatic rings. The third kappa shape index (κ3) is 2.45. The monoisotopic (exact) mass is 281 g/mol. The van der Waals surface area contributed by atoms with Gasteiger partial charge in [-0.15, -0.1) is 0 Å². The Labute approximate surface area is 121 Å². The maximum atomic E-state index is 12.5. The lowest BCUT2D eigenvalue weighted by atomic mass is 10.2. The molecule has 0 spiro atoms. The van der Waals surface area contributed by atoms with Crippen LogP contribution in [0, 0.1) is 0 Å². The van der Waals surface area contributed by atoms with Crippen molar-refractivity contribution in [2.24, 2.45) is 0 Å². The highest BCUT2D eigenvalue weighted by Crippen LogP contribution is 2.18. The van der Waals surface area contributed by atoms with Crippen LogP contribution in [-0.2, 0) is 6.54 Å². The summed E-state index contributed by atoms with van der Waals surface area (Å²) < 4.78 is 6.86. The van der Waals surface area contributed by atoms with E-state index in [1.807, 2.05) is 24.3 Å². The van der Waals surface area contributed by atoms with Crippen molar-refractivity contribution in [3.8, 4) is 5.75 Å². The molecule has 0 bridgehead atoms. The number of benzene rings is 2. The van der Waals surface area contributed by atoms with E-state index < -0.39 is 0 Å². The average molecular weight is 281 g/mol. The standard InChI is InChI=1S/C16H15N3O2/c1-21-15-5-3-2-4-11(15)9-19-10-18-14-7-6-12(17)8-13(14)16(19)20/h2-8,10H,9,17H2,1H3. The van der Waals surface area contributed by atoms with Crippen molar-refractivity contribution in [3.05, 3.63) is 64.7 Å². The Kier molecular flexibility index (Phi) is 3.31. The molecule has 0 saturated heterocycles. The highest BCUT2D eigenvalue weighted by molar-refractivity contribution is 5.80. The van der Waals surface area contributed by atoms with Crippen molar-refractivity contribution in [2.75, 3.05) is 12.8 Å². The number of para-hydroxylation sites is 1. The average Bonchev–Trinajstić information content (AvgIpc) is 2.51. The fraction of sp³-hybridized carbons (Fsp3) is 0.125. The summed E-state index contributed by atoms with van der Waals surface area (Å²) in [4.78, 5) is 16.8. The van der Waals surface area contributed by atoms with E-state index in [9.17, 15) is 4.79 Å². The van der Waals surface area contributed by atoms with Crippen LogP contribution in [0.5, 0.6) is 5.75 Å². The number of hydrogen-bond acceptors (Lipinski definition) is 4. The maximum absolute atomic E-state index is 12.5. The largest absolute Gasteiger partial charge is 0.496 e. The maximum Gasteiger partial charge on any atom is 0.261 e. The van der Waals surface area contributed by atoms with Gasteiger partial charge in [0.1, 0.15) is 5.75 Å². The topological polar surface area (TPSA) is 70.1 Å². The fourth-order valence-electron chi connectivity index (χ4n) is 2.31. The van der Waals surface area contributed by atoms with E-state index >= 15 is 0 Å². The van der Waals surface area contributed by atoms with Crippen LogP contribution in [0.4, 0.5) is 5.69 Å². The first-order valence-electron chi connectivity index (χ1n) is 6.55. The summed E-state index contributed by atoms with van der Waals surface area (Å²) in [7, 11) is 1.61. The fourth-order valence-corrected chi connectivity index (χ4v) is 2.31. The van der Waals surface area contributed by atoms with Gasteiger partial charge in [-0.25, -0.2) is 4.98 Å². The number of nitrogen functional groups attached to an aromatic ring is 1. The number of methoxy groups -OCH3 is 1. The molecule has 106 valence electrons. The minimum absolute atomic E-state index is 0.113. The number of nitrogens with zero attached hydrogens (tertiary/aromatic N) is 2. The van der Waals surface area contributed by atoms with Gasteiger partial charge >= 0.3 is 0 Å². The first kappa shape index (κ1) is 13.2. The molecular formula is C16H15N3O2. The van der Waals surface area contributed by atoms with Crippen molar-refractivity contribution >= 4 is 16.6 Å². The van der Waals surface area contributed by atoms with Gasteiger partial charge in [-0.3, -0.25) is 9.36 Å². The van der Waals surface area contributed by atoms with Crippen LogP contribution in [0.2, 0.25) is 0 Å². The first-order chi connectivity index (χ1) is 10.2. The minimum Gasteiger partial charge on any atom is -0.496 e. The lowest BCUT2D eigenvalue weighted by molar-refractivity contribution is 0.408. The summed E-state index contributed by atoms with van der Waals surface area (Å²) >= 11 is 0. The van der Waals surface area contributed by atoms with Gasteiger partial charge in [0, 0.05) is 11.3 Å². The number of fused-ring (bicyclic) bond motifs is 1. The number of aromatic nitrogens is 2. The second kappa shape index (κ2) is 5.28. The molecule has 0 saturated carbocycles. The predicted molar refractivity (Wildman–Crippen MR) is 82.5 cm³/mol. The van der Waals surface area contributed by atoms with Gasteiger partial charge in [-0.1, -0.05) is 18.2 Å². The van der Waals surface area contributed by atoms with Gasteiger partial charge in [-0.2, -0.15) is 0 Å². The molecule has 0 radical (unpaired) electrons. The number of nitrogens with two attached hydrogens (primary N) is 1. The van der Waals surface area contributed by atoms with Gasteiger partial charge in [0.25, 0.3) is 5.56 Å². The zero-order valence-electron chi connectivity index (χ0n) is 11.6. The normalized spacial score (nSPS) is 10.7. The molecule has 0 aliphatic heterocycles. The quantitative estimate of drug-likeness (QED) is 0.746. The molecular weight excluding hydrogens is 266 g/mol. The Balaban J connectivity index is 2.09. The van der Waals surface area contributed by atoms with E-state index in [2.05, 4.69) is 4.98 Å². The third-order valence-corrected chi connectivity index (χ3v) is 3.38. The second-order valence-corrected chi connectivity index (χ2v) is 4.77. The van der Waals surface area contributed by atoms with Gasteiger partial charge < -0.3 is 10.5 Å². The Bertz CT molecular complexity index is 856. The lowest BCUT2D eigenvalue weighted by Gasteiger charge is -2.10. The molecule has 0 fully saturated rings. The minimum atomic E-state index is -0.113. The summed E-state index contributed by atoms with van der Waals surface area (Å²) in [5, 5.41) is 0.521. The molecule has 2 aromatic carbocycles. The zero-order valence-corrected chi connectivity index (χ0v) is 11.6. The van der Waals surface area contributed by atoms with Crippen molar-refractivity contribution in [1.82, 2.24) is 9.55 Å². The zero-order chi connectivity index (χ0) is 14.8. The number of rotatable bonds is 3. The van der Waals surface area contributed by atoms with Gasteiger partial charge in [-0.05, 0) is 24.3 Å². The smallest absolute Gasteiger partial charge is 0.261 e. The molecule has 2 N–H and O–H groups in total. The molecule has 0 aliphatic rings. The van der Waals surface area contributed by atoms with Crippen LogP contribution in [0.15, 0.2) is 53.6 Å². The summed E-state index contributed by atoms with van der Waals surface area (Å²) in [6.07, 6.45) is 1.55. The molecule has 5 nitrogen and oxygen atoms in total. The highest BCUT2D eigenvalue weighted by Gasteiger charge is 2.07. The molecule has 21 heavy (non-hydrogen) atoms. The summed E-state index contributed by atoms with van der Waals surface area (Å²) in [6, 6.07) is 12.7. The lowest BCUT2D eigenvalue weighted by Crippen LogP contribution is -2.21. The van der Waals surface area contributed by atoms with Crippen molar-refractivity contribution in [3.63, 3.8) is 0 Å². The van der Waals surface area contributed by atoms with Crippen LogP contribution in [0.1, 0.15) is 5.56 Å². The molecule has 0 unspecified atom stereocenters. The predicted octanol–water partition coefficient (Wildman–Crippen LogP) is 2.04. The van der Waals surface area contributed by atoms with Crippen LogP contribution in [-0.4, -0.2) is 16.7 Å². The van der Waals surface area contributed by atoms with Crippen molar-refractivity contribution < 1.29 is 4.74 Å². The highest BCUT2D eigenvalue weighted by atomic mass is 16.5. The van der Waals surface area contributed by atoms with Crippen LogP contribution in [0.25, 0.3) is 10.9 Å². The van der Waals surface area contributed by atoms with E-state index in [-0.39, 0.29) is 5.56 Å². The molecule has 3 rings (SSSR count).